The lowest BCUT2D eigenvalue weighted by Gasteiger charge is -2.17. The Labute approximate surface area is 162 Å². The lowest BCUT2D eigenvalue weighted by molar-refractivity contribution is -0.141. The van der Waals surface area contributed by atoms with Gasteiger partial charge in [-0.1, -0.05) is 0 Å². The highest BCUT2D eigenvalue weighted by Gasteiger charge is 2.44. The average Bonchev–Trinajstić information content (AvgIpc) is 3.21. The van der Waals surface area contributed by atoms with Gasteiger partial charge in [0, 0.05) is 0 Å². The number of aliphatic carboxylic acids is 1. The van der Waals surface area contributed by atoms with Crippen molar-refractivity contribution in [2.75, 3.05) is 11.9 Å². The molecule has 0 aromatic carbocycles. The number of imidazole rings is 1. The molecule has 3 heterocycles. The van der Waals surface area contributed by atoms with Crippen molar-refractivity contribution < 1.29 is 39.9 Å². The van der Waals surface area contributed by atoms with Crippen LogP contribution in [-0.2, 0) is 9.53 Å². The lowest BCUT2D eigenvalue weighted by atomic mass is 10.1. The number of carbonyl (C=O) groups is 2. The van der Waals surface area contributed by atoms with Crippen LogP contribution in [-0.4, -0.2) is 94.1 Å². The van der Waals surface area contributed by atoms with E-state index in [-0.39, 0.29) is 17.0 Å². The minimum absolute atomic E-state index is 0.0623. The fraction of sp³-hybridized carbons (Fsp3) is 0.533. The van der Waals surface area contributed by atoms with Crippen molar-refractivity contribution in [3.63, 3.8) is 0 Å². The molecule has 1 aliphatic rings. The number of fused-ring (bicyclic) bond motifs is 1. The Bertz CT molecular complexity index is 904. The third kappa shape index (κ3) is 3.96. The second-order valence-corrected chi connectivity index (χ2v) is 6.43. The molecule has 14 nitrogen and oxygen atoms in total. The first-order chi connectivity index (χ1) is 13.7. The number of hydrogen-bond acceptors (Lipinski definition) is 10. The second-order valence-electron chi connectivity index (χ2n) is 6.43. The van der Waals surface area contributed by atoms with Crippen LogP contribution in [0, 0.1) is 0 Å². The standard InChI is InChI=1S/C15H20N6O8/c1-5(23)7(14(26)27)19-15(28)20-11-8-12(17-3-16-11)21(4-18-8)13-10(25)9(24)6(2-22)29-13/h3-7,9-10,13,22-25H,2H2,1H3,(H,26,27)(H2,16,17,19,20,28)/t5-,6-,7+,9+,10+,13-/m1/s1. The first kappa shape index (κ1) is 20.8. The van der Waals surface area contributed by atoms with Crippen LogP contribution in [0.1, 0.15) is 13.2 Å². The van der Waals surface area contributed by atoms with Crippen LogP contribution in [0.15, 0.2) is 12.7 Å². The molecule has 0 spiro atoms. The summed E-state index contributed by atoms with van der Waals surface area (Å²) in [5.74, 6) is -1.48. The van der Waals surface area contributed by atoms with Gasteiger partial charge in [0.2, 0.25) is 0 Å². The molecule has 7 N–H and O–H groups in total. The summed E-state index contributed by atoms with van der Waals surface area (Å²) in [4.78, 5) is 35.2. The van der Waals surface area contributed by atoms with E-state index in [1.54, 1.807) is 0 Å². The van der Waals surface area contributed by atoms with Crippen LogP contribution in [0.3, 0.4) is 0 Å². The quantitative estimate of drug-likeness (QED) is 0.261. The molecule has 0 bridgehead atoms. The minimum Gasteiger partial charge on any atom is -0.480 e. The molecule has 1 fully saturated rings. The number of nitrogens with one attached hydrogen (secondary N) is 2. The van der Waals surface area contributed by atoms with E-state index in [4.69, 9.17) is 9.84 Å². The summed E-state index contributed by atoms with van der Waals surface area (Å²) in [5.41, 5.74) is 0.250. The predicted molar refractivity (Wildman–Crippen MR) is 93.6 cm³/mol. The van der Waals surface area contributed by atoms with Crippen molar-refractivity contribution in [2.24, 2.45) is 0 Å². The average molecular weight is 412 g/mol. The number of nitrogens with zero attached hydrogens (tertiary/aromatic N) is 4. The maximum atomic E-state index is 12.1. The van der Waals surface area contributed by atoms with Gasteiger partial charge in [-0.2, -0.15) is 0 Å². The Morgan fingerprint density at radius 2 is 2.00 bits per heavy atom. The van der Waals surface area contributed by atoms with Crippen LogP contribution in [0.4, 0.5) is 10.6 Å². The zero-order chi connectivity index (χ0) is 21.3. The van der Waals surface area contributed by atoms with Gasteiger partial charge in [-0.3, -0.25) is 9.88 Å². The van der Waals surface area contributed by atoms with Crippen molar-refractivity contribution in [3.05, 3.63) is 12.7 Å². The maximum absolute atomic E-state index is 12.1. The number of aliphatic hydroxyl groups is 4. The zero-order valence-electron chi connectivity index (χ0n) is 15.1. The molecule has 1 aliphatic heterocycles. The summed E-state index contributed by atoms with van der Waals surface area (Å²) in [6.07, 6.45) is -3.75. The van der Waals surface area contributed by atoms with E-state index in [9.17, 15) is 30.0 Å². The summed E-state index contributed by atoms with van der Waals surface area (Å²) in [5, 5.41) is 52.2. The number of carboxylic acids is 1. The molecule has 0 saturated carbocycles. The molecule has 6 atom stereocenters. The number of hydrogen-bond donors (Lipinski definition) is 7. The van der Waals surface area contributed by atoms with Gasteiger partial charge >= 0.3 is 12.0 Å². The van der Waals surface area contributed by atoms with Crippen LogP contribution >= 0.6 is 0 Å². The van der Waals surface area contributed by atoms with Crippen molar-refractivity contribution >= 4 is 29.0 Å². The van der Waals surface area contributed by atoms with E-state index < -0.39 is 55.3 Å². The third-order valence-corrected chi connectivity index (χ3v) is 4.42. The van der Waals surface area contributed by atoms with Gasteiger partial charge in [-0.25, -0.2) is 24.5 Å². The molecule has 2 amide bonds. The molecule has 1 saturated heterocycles. The monoisotopic (exact) mass is 412 g/mol. The van der Waals surface area contributed by atoms with Crippen LogP contribution in [0.5, 0.6) is 0 Å². The maximum Gasteiger partial charge on any atom is 0.328 e. The number of amides is 2. The lowest BCUT2D eigenvalue weighted by Crippen LogP contribution is -2.49. The number of carboxylic acid groups (broad SMARTS) is 1. The highest BCUT2D eigenvalue weighted by atomic mass is 16.6. The Morgan fingerprint density at radius 3 is 2.59 bits per heavy atom. The van der Waals surface area contributed by atoms with E-state index in [0.29, 0.717) is 0 Å². The Balaban J connectivity index is 1.83. The number of anilines is 1. The SMILES string of the molecule is C[C@@H](O)[C@H](NC(=O)Nc1ncnc2c1ncn2[C@@H]1O[C@H](CO)[C@H](O)[C@@H]1O)C(=O)O. The van der Waals surface area contributed by atoms with E-state index in [1.807, 2.05) is 0 Å². The Morgan fingerprint density at radius 1 is 1.28 bits per heavy atom. The molecular formula is C15H20N6O8. The largest absolute Gasteiger partial charge is 0.480 e. The number of rotatable bonds is 6. The predicted octanol–water partition coefficient (Wildman–Crippen LogP) is -2.61. The third-order valence-electron chi connectivity index (χ3n) is 4.42. The second kappa shape index (κ2) is 8.22. The van der Waals surface area contributed by atoms with Crippen LogP contribution < -0.4 is 10.6 Å². The van der Waals surface area contributed by atoms with Crippen molar-refractivity contribution in [3.8, 4) is 0 Å². The first-order valence-electron chi connectivity index (χ1n) is 8.53. The number of aliphatic hydroxyl groups excluding tert-OH is 4. The first-order valence-corrected chi connectivity index (χ1v) is 8.53. The van der Waals surface area contributed by atoms with Crippen molar-refractivity contribution in [2.45, 2.75) is 43.6 Å². The number of urea groups is 1. The summed E-state index contributed by atoms with van der Waals surface area (Å²) in [6.45, 7) is 0.710. The Kier molecular flexibility index (Phi) is 5.90. The van der Waals surface area contributed by atoms with E-state index >= 15 is 0 Å². The summed E-state index contributed by atoms with van der Waals surface area (Å²) in [7, 11) is 0. The molecule has 0 aliphatic carbocycles. The molecule has 158 valence electrons. The normalized spacial score (nSPS) is 26.2. The van der Waals surface area contributed by atoms with Crippen LogP contribution in [0.2, 0.25) is 0 Å². The summed E-state index contributed by atoms with van der Waals surface area (Å²) < 4.78 is 6.74. The van der Waals surface area contributed by atoms with Crippen molar-refractivity contribution in [1.29, 1.82) is 0 Å². The van der Waals surface area contributed by atoms with Gasteiger partial charge in [-0.05, 0) is 6.92 Å². The Hall–Kier alpha value is -2.91. The highest BCUT2D eigenvalue weighted by Crippen LogP contribution is 2.32. The van der Waals surface area contributed by atoms with Gasteiger partial charge in [0.05, 0.1) is 19.0 Å². The highest BCUT2D eigenvalue weighted by molar-refractivity contribution is 5.97. The van der Waals surface area contributed by atoms with E-state index in [2.05, 4.69) is 25.6 Å². The molecule has 2 aromatic heterocycles. The topological polar surface area (TPSA) is 212 Å². The molecule has 0 radical (unpaired) electrons. The van der Waals surface area contributed by atoms with Crippen molar-refractivity contribution in [1.82, 2.24) is 24.8 Å². The van der Waals surface area contributed by atoms with Gasteiger partial charge in [-0.15, -0.1) is 0 Å². The fourth-order valence-electron chi connectivity index (χ4n) is 2.91. The van der Waals surface area contributed by atoms with E-state index in [1.165, 1.54) is 17.8 Å². The molecule has 2 aromatic rings. The van der Waals surface area contributed by atoms with Gasteiger partial charge < -0.3 is 35.6 Å². The summed E-state index contributed by atoms with van der Waals surface area (Å²) >= 11 is 0. The molecule has 3 rings (SSSR count). The van der Waals surface area contributed by atoms with Gasteiger partial charge in [0.15, 0.2) is 29.3 Å². The fourth-order valence-corrected chi connectivity index (χ4v) is 2.91. The molecular weight excluding hydrogens is 392 g/mol. The molecule has 29 heavy (non-hydrogen) atoms. The summed E-state index contributed by atoms with van der Waals surface area (Å²) in [6, 6.07) is -2.48. The molecule has 14 heteroatoms. The number of carbonyl (C=O) groups excluding carboxylic acids is 1. The van der Waals surface area contributed by atoms with Gasteiger partial charge in [0.25, 0.3) is 0 Å². The number of aromatic nitrogens is 4. The van der Waals surface area contributed by atoms with Gasteiger partial charge in [0.1, 0.15) is 24.6 Å². The smallest absolute Gasteiger partial charge is 0.328 e. The van der Waals surface area contributed by atoms with Crippen LogP contribution in [0.25, 0.3) is 11.2 Å². The zero-order valence-corrected chi connectivity index (χ0v) is 15.1. The molecule has 0 unspecified atom stereocenters. The minimum atomic E-state index is -1.54. The number of ether oxygens (including phenoxy) is 1. The van der Waals surface area contributed by atoms with E-state index in [0.717, 1.165) is 6.33 Å².